The van der Waals surface area contributed by atoms with E-state index in [9.17, 15) is 4.79 Å². The number of hydrogen-bond donors (Lipinski definition) is 2. The average molecular weight is 228 g/mol. The molecule has 0 saturated heterocycles. The van der Waals surface area contributed by atoms with Gasteiger partial charge in [0.25, 0.3) is 0 Å². The van der Waals surface area contributed by atoms with Crippen molar-refractivity contribution in [1.29, 1.82) is 0 Å². The van der Waals surface area contributed by atoms with Gasteiger partial charge in [-0.15, -0.1) is 5.92 Å². The smallest absolute Gasteiger partial charge is 0.221 e. The van der Waals surface area contributed by atoms with E-state index < -0.39 is 0 Å². The number of amides is 1. The summed E-state index contributed by atoms with van der Waals surface area (Å²) in [5, 5.41) is 6.12. The van der Waals surface area contributed by atoms with Crippen LogP contribution >= 0.6 is 0 Å². The normalized spacial score (nSPS) is 16.4. The second kappa shape index (κ2) is 5.40. The molecule has 1 aromatic rings. The molecule has 0 aliphatic carbocycles. The SMILES string of the molecule is CC#CCNC(=O)CC1CNc2ccccc21. The summed E-state index contributed by atoms with van der Waals surface area (Å²) in [5.41, 5.74) is 2.39. The highest BCUT2D eigenvalue weighted by Crippen LogP contribution is 2.32. The van der Waals surface area contributed by atoms with E-state index in [0.29, 0.717) is 13.0 Å². The molecule has 1 aliphatic rings. The molecular weight excluding hydrogens is 212 g/mol. The number of anilines is 1. The molecule has 0 radical (unpaired) electrons. The van der Waals surface area contributed by atoms with Crippen LogP contribution in [0.25, 0.3) is 0 Å². The zero-order valence-electron chi connectivity index (χ0n) is 9.92. The van der Waals surface area contributed by atoms with E-state index in [4.69, 9.17) is 0 Å². The minimum atomic E-state index is 0.0660. The number of benzene rings is 1. The molecule has 1 unspecified atom stereocenters. The van der Waals surface area contributed by atoms with Gasteiger partial charge in [-0.3, -0.25) is 4.79 Å². The van der Waals surface area contributed by atoms with Crippen molar-refractivity contribution in [2.24, 2.45) is 0 Å². The summed E-state index contributed by atoms with van der Waals surface area (Å²) < 4.78 is 0. The number of fused-ring (bicyclic) bond motifs is 1. The Morgan fingerprint density at radius 3 is 3.18 bits per heavy atom. The number of nitrogens with one attached hydrogen (secondary N) is 2. The van der Waals surface area contributed by atoms with Crippen molar-refractivity contribution in [2.75, 3.05) is 18.4 Å². The molecule has 1 aromatic carbocycles. The Morgan fingerprint density at radius 2 is 2.35 bits per heavy atom. The minimum absolute atomic E-state index is 0.0660. The maximum Gasteiger partial charge on any atom is 0.221 e. The molecule has 88 valence electrons. The zero-order chi connectivity index (χ0) is 12.1. The van der Waals surface area contributed by atoms with E-state index in [1.165, 1.54) is 5.56 Å². The zero-order valence-corrected chi connectivity index (χ0v) is 9.92. The molecule has 3 nitrogen and oxygen atoms in total. The van der Waals surface area contributed by atoms with Gasteiger partial charge in [0, 0.05) is 24.6 Å². The number of rotatable bonds is 3. The summed E-state index contributed by atoms with van der Waals surface area (Å²) in [6.07, 6.45) is 0.523. The molecular formula is C14H16N2O. The van der Waals surface area contributed by atoms with Crippen molar-refractivity contribution >= 4 is 11.6 Å². The van der Waals surface area contributed by atoms with Gasteiger partial charge in [-0.25, -0.2) is 0 Å². The maximum absolute atomic E-state index is 11.7. The van der Waals surface area contributed by atoms with Crippen molar-refractivity contribution in [2.45, 2.75) is 19.3 Å². The summed E-state index contributed by atoms with van der Waals surface area (Å²) in [4.78, 5) is 11.7. The van der Waals surface area contributed by atoms with Crippen LogP contribution in [0.4, 0.5) is 5.69 Å². The molecule has 1 amide bonds. The fourth-order valence-electron chi connectivity index (χ4n) is 2.07. The molecule has 0 saturated carbocycles. The third-order valence-corrected chi connectivity index (χ3v) is 2.92. The van der Waals surface area contributed by atoms with Gasteiger partial charge >= 0.3 is 0 Å². The summed E-state index contributed by atoms with van der Waals surface area (Å²) in [6, 6.07) is 8.15. The second-order valence-electron chi connectivity index (χ2n) is 4.07. The number of hydrogen-bond acceptors (Lipinski definition) is 2. The van der Waals surface area contributed by atoms with E-state index in [2.05, 4.69) is 34.6 Å². The molecule has 1 atom stereocenters. The largest absolute Gasteiger partial charge is 0.384 e. The first-order valence-corrected chi connectivity index (χ1v) is 5.80. The predicted octanol–water partition coefficient (Wildman–Crippen LogP) is 1.73. The lowest BCUT2D eigenvalue weighted by Gasteiger charge is -2.09. The van der Waals surface area contributed by atoms with E-state index in [1.807, 2.05) is 12.1 Å². The van der Waals surface area contributed by atoms with Crippen LogP contribution in [0.1, 0.15) is 24.8 Å². The summed E-state index contributed by atoms with van der Waals surface area (Å²) >= 11 is 0. The minimum Gasteiger partial charge on any atom is -0.384 e. The van der Waals surface area contributed by atoms with Crippen LogP contribution in [-0.2, 0) is 4.79 Å². The summed E-state index contributed by atoms with van der Waals surface area (Å²) in [5.74, 6) is 5.93. The number of para-hydroxylation sites is 1. The van der Waals surface area contributed by atoms with Gasteiger partial charge < -0.3 is 10.6 Å². The highest BCUT2D eigenvalue weighted by molar-refractivity contribution is 5.78. The van der Waals surface area contributed by atoms with E-state index in [0.717, 1.165) is 12.2 Å². The predicted molar refractivity (Wildman–Crippen MR) is 68.7 cm³/mol. The lowest BCUT2D eigenvalue weighted by atomic mass is 9.98. The fourth-order valence-corrected chi connectivity index (χ4v) is 2.07. The Kier molecular flexibility index (Phi) is 3.66. The van der Waals surface area contributed by atoms with Crippen molar-refractivity contribution < 1.29 is 4.79 Å². The molecule has 0 bridgehead atoms. The topological polar surface area (TPSA) is 41.1 Å². The fraction of sp³-hybridized carbons (Fsp3) is 0.357. The van der Waals surface area contributed by atoms with Crippen LogP contribution in [0.2, 0.25) is 0 Å². The number of carbonyl (C=O) groups is 1. The molecule has 0 spiro atoms. The Hall–Kier alpha value is -1.95. The molecule has 1 aliphatic heterocycles. The average Bonchev–Trinajstić information content (AvgIpc) is 2.73. The molecule has 0 fully saturated rings. The first-order valence-electron chi connectivity index (χ1n) is 5.80. The van der Waals surface area contributed by atoms with Gasteiger partial charge in [0.2, 0.25) is 5.91 Å². The van der Waals surface area contributed by atoms with Gasteiger partial charge in [-0.05, 0) is 18.6 Å². The van der Waals surface area contributed by atoms with Crippen LogP contribution in [0.3, 0.4) is 0 Å². The lowest BCUT2D eigenvalue weighted by Crippen LogP contribution is -2.25. The second-order valence-corrected chi connectivity index (χ2v) is 4.07. The van der Waals surface area contributed by atoms with E-state index in [1.54, 1.807) is 6.92 Å². The van der Waals surface area contributed by atoms with Crippen molar-refractivity contribution in [1.82, 2.24) is 5.32 Å². The Bertz CT molecular complexity index is 471. The third-order valence-electron chi connectivity index (χ3n) is 2.92. The molecule has 2 N–H and O–H groups in total. The molecule has 0 aromatic heterocycles. The third kappa shape index (κ3) is 2.79. The Morgan fingerprint density at radius 1 is 1.53 bits per heavy atom. The van der Waals surface area contributed by atoms with E-state index in [-0.39, 0.29) is 11.8 Å². The van der Waals surface area contributed by atoms with Crippen LogP contribution in [0.15, 0.2) is 24.3 Å². The van der Waals surface area contributed by atoms with Gasteiger partial charge in [0.05, 0.1) is 6.54 Å². The van der Waals surface area contributed by atoms with Gasteiger partial charge in [0.15, 0.2) is 0 Å². The monoisotopic (exact) mass is 228 g/mol. The quantitative estimate of drug-likeness (QED) is 0.773. The summed E-state index contributed by atoms with van der Waals surface area (Å²) in [6.45, 7) is 3.05. The Balaban J connectivity index is 1.92. The molecule has 2 rings (SSSR count). The first-order chi connectivity index (χ1) is 8.31. The molecule has 3 heteroatoms. The number of carbonyl (C=O) groups excluding carboxylic acids is 1. The van der Waals surface area contributed by atoms with Crippen LogP contribution in [0.5, 0.6) is 0 Å². The first kappa shape index (κ1) is 11.5. The lowest BCUT2D eigenvalue weighted by molar-refractivity contribution is -0.121. The van der Waals surface area contributed by atoms with Crippen LogP contribution < -0.4 is 10.6 Å². The van der Waals surface area contributed by atoms with Crippen molar-refractivity contribution in [3.8, 4) is 11.8 Å². The van der Waals surface area contributed by atoms with Gasteiger partial charge in [0.1, 0.15) is 0 Å². The van der Waals surface area contributed by atoms with Crippen LogP contribution in [-0.4, -0.2) is 19.0 Å². The van der Waals surface area contributed by atoms with Crippen molar-refractivity contribution in [3.63, 3.8) is 0 Å². The van der Waals surface area contributed by atoms with Gasteiger partial charge in [-0.1, -0.05) is 24.1 Å². The maximum atomic E-state index is 11.7. The van der Waals surface area contributed by atoms with Gasteiger partial charge in [-0.2, -0.15) is 0 Å². The Labute approximate surface area is 102 Å². The molecule has 1 heterocycles. The summed E-state index contributed by atoms with van der Waals surface area (Å²) in [7, 11) is 0. The van der Waals surface area contributed by atoms with E-state index >= 15 is 0 Å². The molecule has 17 heavy (non-hydrogen) atoms. The highest BCUT2D eigenvalue weighted by atomic mass is 16.1. The van der Waals surface area contributed by atoms with Crippen molar-refractivity contribution in [3.05, 3.63) is 29.8 Å². The van der Waals surface area contributed by atoms with Crippen LogP contribution in [0, 0.1) is 11.8 Å². The highest BCUT2D eigenvalue weighted by Gasteiger charge is 2.23. The standard InChI is InChI=1S/C14H16N2O/c1-2-3-8-15-14(17)9-11-10-16-13-7-5-4-6-12(11)13/h4-7,11,16H,8-10H2,1H3,(H,15,17).